The number of fused-ring (bicyclic) bond motifs is 4. The Morgan fingerprint density at radius 2 is 2.00 bits per heavy atom. The number of carbonyl (C=O) groups is 2. The van der Waals surface area contributed by atoms with Crippen LogP contribution in [0.4, 0.5) is 4.79 Å². The van der Waals surface area contributed by atoms with Gasteiger partial charge in [-0.2, -0.15) is 0 Å². The molecule has 0 aromatic carbocycles. The van der Waals surface area contributed by atoms with E-state index >= 15 is 0 Å². The molecule has 4 unspecified atom stereocenters. The van der Waals surface area contributed by atoms with Crippen LogP contribution in [0.5, 0.6) is 0 Å². The molecule has 5 nitrogen and oxygen atoms in total. The molecule has 3 rings (SSSR count). The average molecular weight is 267 g/mol. The minimum absolute atomic E-state index is 0.163. The minimum atomic E-state index is -0.739. The average Bonchev–Trinajstić information content (AvgIpc) is 2.86. The van der Waals surface area contributed by atoms with Gasteiger partial charge < -0.3 is 14.7 Å². The van der Waals surface area contributed by atoms with E-state index in [1.54, 1.807) is 4.90 Å². The van der Waals surface area contributed by atoms with E-state index in [2.05, 4.69) is 0 Å². The zero-order valence-corrected chi connectivity index (χ0v) is 11.7. The molecule has 3 aliphatic rings. The molecular weight excluding hydrogens is 246 g/mol. The first-order valence-electron chi connectivity index (χ1n) is 7.00. The van der Waals surface area contributed by atoms with Crippen molar-refractivity contribution in [3.05, 3.63) is 0 Å². The van der Waals surface area contributed by atoms with E-state index in [1.165, 1.54) is 0 Å². The number of carbonyl (C=O) groups excluding carboxylic acids is 1. The number of piperidine rings is 1. The van der Waals surface area contributed by atoms with Gasteiger partial charge in [0.2, 0.25) is 0 Å². The SMILES string of the molecule is CC(C)(C)OC(=O)N1C2CCC1C1(C(=O)O)CC1C2. The van der Waals surface area contributed by atoms with Crippen molar-refractivity contribution in [2.45, 2.75) is 64.1 Å². The van der Waals surface area contributed by atoms with Crippen LogP contribution in [0.2, 0.25) is 0 Å². The van der Waals surface area contributed by atoms with E-state index in [1.807, 2.05) is 20.8 Å². The fourth-order valence-electron chi connectivity index (χ4n) is 3.99. The van der Waals surface area contributed by atoms with Gasteiger partial charge in [0, 0.05) is 6.04 Å². The van der Waals surface area contributed by atoms with Gasteiger partial charge in [-0.25, -0.2) is 4.79 Å². The normalized spacial score (nSPS) is 39.7. The molecule has 0 aromatic heterocycles. The molecule has 3 fully saturated rings. The maximum atomic E-state index is 12.3. The lowest BCUT2D eigenvalue weighted by Gasteiger charge is -2.38. The van der Waals surface area contributed by atoms with Gasteiger partial charge in [-0.3, -0.25) is 4.79 Å². The van der Waals surface area contributed by atoms with Gasteiger partial charge in [-0.1, -0.05) is 0 Å². The van der Waals surface area contributed by atoms with Gasteiger partial charge in [0.05, 0.1) is 11.5 Å². The molecule has 2 aliphatic heterocycles. The van der Waals surface area contributed by atoms with Crippen LogP contribution in [0.1, 0.15) is 46.5 Å². The summed E-state index contributed by atoms with van der Waals surface area (Å²) in [6.45, 7) is 5.51. The van der Waals surface area contributed by atoms with Crippen LogP contribution in [0, 0.1) is 11.3 Å². The summed E-state index contributed by atoms with van der Waals surface area (Å²) in [5.41, 5.74) is -1.21. The fourth-order valence-corrected chi connectivity index (χ4v) is 3.99. The van der Waals surface area contributed by atoms with Crippen LogP contribution >= 0.6 is 0 Å². The van der Waals surface area contributed by atoms with Crippen LogP contribution in [0.25, 0.3) is 0 Å². The minimum Gasteiger partial charge on any atom is -0.481 e. The number of hydrogen-bond donors (Lipinski definition) is 1. The highest BCUT2D eigenvalue weighted by Crippen LogP contribution is 2.66. The second-order valence-electron chi connectivity index (χ2n) is 7.12. The predicted octanol–water partition coefficient (Wildman–Crippen LogP) is 2.25. The number of carboxylic acids is 1. The maximum Gasteiger partial charge on any atom is 0.410 e. The highest BCUT2D eigenvalue weighted by Gasteiger charge is 2.72. The maximum absolute atomic E-state index is 12.3. The first-order chi connectivity index (χ1) is 8.75. The molecule has 2 bridgehead atoms. The van der Waals surface area contributed by atoms with Crippen molar-refractivity contribution >= 4 is 12.1 Å². The molecule has 1 N–H and O–H groups in total. The van der Waals surface area contributed by atoms with E-state index in [-0.39, 0.29) is 24.1 Å². The molecule has 5 heteroatoms. The second-order valence-corrected chi connectivity index (χ2v) is 7.12. The van der Waals surface area contributed by atoms with Crippen LogP contribution in [0.3, 0.4) is 0 Å². The van der Waals surface area contributed by atoms with Crippen LogP contribution in [-0.4, -0.2) is 39.8 Å². The number of nitrogens with zero attached hydrogens (tertiary/aromatic N) is 1. The molecular formula is C14H21NO4. The summed E-state index contributed by atoms with van der Waals surface area (Å²) < 4.78 is 5.44. The highest BCUT2D eigenvalue weighted by molar-refractivity contribution is 5.82. The molecule has 0 aromatic rings. The lowest BCUT2D eigenvalue weighted by Crippen LogP contribution is -2.52. The Kier molecular flexibility index (Phi) is 2.45. The number of hydrogen-bond acceptors (Lipinski definition) is 3. The van der Waals surface area contributed by atoms with E-state index in [9.17, 15) is 14.7 Å². The summed E-state index contributed by atoms with van der Waals surface area (Å²) >= 11 is 0. The monoisotopic (exact) mass is 267 g/mol. The number of carboxylic acid groups (broad SMARTS) is 1. The van der Waals surface area contributed by atoms with Crippen molar-refractivity contribution in [3.63, 3.8) is 0 Å². The van der Waals surface area contributed by atoms with Crippen molar-refractivity contribution in [2.24, 2.45) is 11.3 Å². The molecule has 19 heavy (non-hydrogen) atoms. The number of rotatable bonds is 1. The fraction of sp³-hybridized carbons (Fsp3) is 0.857. The lowest BCUT2D eigenvalue weighted by molar-refractivity contribution is -0.147. The quantitative estimate of drug-likeness (QED) is 0.791. The Balaban J connectivity index is 1.84. The van der Waals surface area contributed by atoms with Gasteiger partial charge in [0.1, 0.15) is 5.60 Å². The second kappa shape index (κ2) is 3.64. The van der Waals surface area contributed by atoms with Gasteiger partial charge in [0.25, 0.3) is 0 Å². The van der Waals surface area contributed by atoms with Crippen LogP contribution in [0.15, 0.2) is 0 Å². The number of ether oxygens (including phenoxy) is 1. The molecule has 4 atom stereocenters. The van der Waals surface area contributed by atoms with Crippen molar-refractivity contribution < 1.29 is 19.4 Å². The summed E-state index contributed by atoms with van der Waals surface area (Å²) in [6, 6.07) is 0.0171. The first-order valence-corrected chi connectivity index (χ1v) is 7.00. The van der Waals surface area contributed by atoms with Gasteiger partial charge in [-0.15, -0.1) is 0 Å². The number of aliphatic carboxylic acids is 1. The predicted molar refractivity (Wildman–Crippen MR) is 67.7 cm³/mol. The van der Waals surface area contributed by atoms with Gasteiger partial charge >= 0.3 is 12.1 Å². The molecule has 2 heterocycles. The van der Waals surface area contributed by atoms with Crippen LogP contribution in [-0.2, 0) is 9.53 Å². The molecule has 2 saturated heterocycles. The van der Waals surface area contributed by atoms with Gasteiger partial charge in [-0.05, 0) is 52.4 Å². The lowest BCUT2D eigenvalue weighted by atomic mass is 9.89. The molecule has 106 valence electrons. The van der Waals surface area contributed by atoms with Crippen molar-refractivity contribution in [1.29, 1.82) is 0 Å². The molecule has 0 radical (unpaired) electrons. The molecule has 1 aliphatic carbocycles. The Bertz CT molecular complexity index is 441. The van der Waals surface area contributed by atoms with Crippen LogP contribution < -0.4 is 0 Å². The zero-order chi connectivity index (χ0) is 14.0. The topological polar surface area (TPSA) is 66.8 Å². The third-order valence-corrected chi connectivity index (χ3v) is 4.81. The van der Waals surface area contributed by atoms with E-state index in [4.69, 9.17) is 4.74 Å². The smallest absolute Gasteiger partial charge is 0.410 e. The standard InChI is InChI=1S/C14H21NO4/c1-13(2,3)19-12(18)15-9-4-5-10(15)14(11(16)17)7-8(14)6-9/h8-10H,4-7H2,1-3H3,(H,16,17). The highest BCUT2D eigenvalue weighted by atomic mass is 16.6. The van der Waals surface area contributed by atoms with Crippen molar-refractivity contribution in [1.82, 2.24) is 4.90 Å². The molecule has 1 amide bonds. The number of amides is 1. The Morgan fingerprint density at radius 1 is 1.32 bits per heavy atom. The third kappa shape index (κ3) is 1.74. The van der Waals surface area contributed by atoms with E-state index in [0.717, 1.165) is 25.7 Å². The van der Waals surface area contributed by atoms with Crippen molar-refractivity contribution in [3.8, 4) is 0 Å². The summed E-state index contributed by atoms with van der Waals surface area (Å²) in [4.78, 5) is 25.6. The summed E-state index contributed by atoms with van der Waals surface area (Å²) in [7, 11) is 0. The van der Waals surface area contributed by atoms with Crippen molar-refractivity contribution in [2.75, 3.05) is 0 Å². The van der Waals surface area contributed by atoms with Gasteiger partial charge in [0.15, 0.2) is 0 Å². The largest absolute Gasteiger partial charge is 0.481 e. The van der Waals surface area contributed by atoms with E-state index < -0.39 is 17.0 Å². The summed E-state index contributed by atoms with van der Waals surface area (Å²) in [6.07, 6.45) is 2.92. The summed E-state index contributed by atoms with van der Waals surface area (Å²) in [5.74, 6) is -0.474. The molecule has 0 spiro atoms. The Hall–Kier alpha value is -1.26. The summed E-state index contributed by atoms with van der Waals surface area (Å²) in [5, 5.41) is 9.51. The zero-order valence-electron chi connectivity index (χ0n) is 11.7. The Morgan fingerprint density at radius 3 is 2.58 bits per heavy atom. The third-order valence-electron chi connectivity index (χ3n) is 4.81. The molecule has 1 saturated carbocycles. The first kappa shape index (κ1) is 12.8. The Labute approximate surface area is 112 Å². The van der Waals surface area contributed by atoms with E-state index in [0.29, 0.717) is 0 Å².